The van der Waals surface area contributed by atoms with Crippen molar-refractivity contribution in [2.75, 3.05) is 4.90 Å². The van der Waals surface area contributed by atoms with Crippen LogP contribution in [-0.2, 0) is 24.3 Å². The van der Waals surface area contributed by atoms with E-state index in [4.69, 9.17) is 0 Å². The van der Waals surface area contributed by atoms with Crippen LogP contribution < -0.4 is 10.2 Å². The molecule has 4 rings (SSSR count). The summed E-state index contributed by atoms with van der Waals surface area (Å²) < 4.78 is 13.0. The number of aryl methyl sites for hydroxylation is 1. The van der Waals surface area contributed by atoms with Gasteiger partial charge in [0.05, 0.1) is 13.0 Å². The van der Waals surface area contributed by atoms with Crippen molar-refractivity contribution in [1.82, 2.24) is 5.32 Å². The molecule has 0 saturated carbocycles. The number of nitrogens with one attached hydrogen (secondary N) is 1. The van der Waals surface area contributed by atoms with Gasteiger partial charge >= 0.3 is 0 Å². The Kier molecular flexibility index (Phi) is 7.68. The van der Waals surface area contributed by atoms with E-state index in [9.17, 15) is 14.0 Å². The highest BCUT2D eigenvalue weighted by molar-refractivity contribution is 6.06. The van der Waals surface area contributed by atoms with Crippen molar-refractivity contribution in [3.63, 3.8) is 0 Å². The fourth-order valence-electron chi connectivity index (χ4n) is 3.74. The first kappa shape index (κ1) is 23.9. The van der Waals surface area contributed by atoms with Crippen molar-refractivity contribution in [3.05, 3.63) is 137 Å². The van der Waals surface area contributed by atoms with Crippen LogP contribution in [0.15, 0.2) is 103 Å². The Balaban J connectivity index is 1.46. The molecule has 4 nitrogen and oxygen atoms in total. The summed E-state index contributed by atoms with van der Waals surface area (Å²) in [5, 5.41) is 2.86. The van der Waals surface area contributed by atoms with Gasteiger partial charge in [-0.15, -0.1) is 0 Å². The van der Waals surface area contributed by atoms with Crippen LogP contribution in [-0.4, -0.2) is 11.8 Å². The van der Waals surface area contributed by atoms with Gasteiger partial charge in [-0.2, -0.15) is 0 Å². The van der Waals surface area contributed by atoms with Crippen molar-refractivity contribution in [3.8, 4) is 0 Å². The molecule has 0 saturated heterocycles. The second-order valence-electron chi connectivity index (χ2n) is 8.49. The van der Waals surface area contributed by atoms with Crippen molar-refractivity contribution in [2.24, 2.45) is 0 Å². The molecule has 2 amide bonds. The predicted octanol–water partition coefficient (Wildman–Crippen LogP) is 5.84. The topological polar surface area (TPSA) is 49.4 Å². The summed E-state index contributed by atoms with van der Waals surface area (Å²) in [7, 11) is 0. The zero-order chi connectivity index (χ0) is 24.6. The predicted molar refractivity (Wildman–Crippen MR) is 137 cm³/mol. The zero-order valence-corrected chi connectivity index (χ0v) is 19.6. The van der Waals surface area contributed by atoms with E-state index >= 15 is 0 Å². The molecule has 0 fully saturated rings. The number of benzene rings is 4. The summed E-state index contributed by atoms with van der Waals surface area (Å²) >= 11 is 0. The Morgan fingerprint density at radius 2 is 1.34 bits per heavy atom. The summed E-state index contributed by atoms with van der Waals surface area (Å²) in [5.74, 6) is -0.516. The van der Waals surface area contributed by atoms with Gasteiger partial charge in [0.2, 0.25) is 5.91 Å². The highest BCUT2D eigenvalue weighted by Gasteiger charge is 2.18. The van der Waals surface area contributed by atoms with Gasteiger partial charge in [0, 0.05) is 17.8 Å². The first-order valence-corrected chi connectivity index (χ1v) is 11.5. The Hall–Kier alpha value is -4.25. The van der Waals surface area contributed by atoms with Gasteiger partial charge in [-0.1, -0.05) is 72.3 Å². The molecule has 5 heteroatoms. The van der Waals surface area contributed by atoms with Gasteiger partial charge in [-0.25, -0.2) is 4.39 Å². The zero-order valence-electron chi connectivity index (χ0n) is 19.6. The Bertz CT molecular complexity index is 1270. The number of hydrogen-bond donors (Lipinski definition) is 1. The number of carbonyl (C=O) groups excluding carboxylic acids is 2. The first-order valence-electron chi connectivity index (χ1n) is 11.5. The third-order valence-corrected chi connectivity index (χ3v) is 5.74. The van der Waals surface area contributed by atoms with Gasteiger partial charge in [0.15, 0.2) is 0 Å². The minimum atomic E-state index is -0.303. The summed E-state index contributed by atoms with van der Waals surface area (Å²) in [6, 6.07) is 30.9. The molecule has 1 N–H and O–H groups in total. The van der Waals surface area contributed by atoms with Crippen LogP contribution in [0.1, 0.15) is 32.6 Å². The number of halogens is 1. The molecular weight excluding hydrogens is 439 g/mol. The molecule has 0 spiro atoms. The number of carbonyl (C=O) groups is 2. The van der Waals surface area contributed by atoms with E-state index in [0.29, 0.717) is 18.7 Å². The molecule has 35 heavy (non-hydrogen) atoms. The molecule has 0 aliphatic heterocycles. The van der Waals surface area contributed by atoms with E-state index in [2.05, 4.69) is 5.32 Å². The largest absolute Gasteiger partial charge is 0.352 e. The molecule has 0 aliphatic carbocycles. The van der Waals surface area contributed by atoms with Crippen LogP contribution in [0.4, 0.5) is 10.1 Å². The standard InChI is InChI=1S/C30H27FN2O2/c1-22-7-9-25(10-8-22)21-33(30(35)26-5-3-2-4-6-26)28-17-13-23(14-18-28)19-29(34)32-20-24-11-15-27(31)16-12-24/h2-18H,19-21H2,1H3,(H,32,34). The van der Waals surface area contributed by atoms with Gasteiger partial charge < -0.3 is 10.2 Å². The number of anilines is 1. The van der Waals surface area contributed by atoms with E-state index in [0.717, 1.165) is 27.9 Å². The number of amides is 2. The second-order valence-corrected chi connectivity index (χ2v) is 8.49. The lowest BCUT2D eigenvalue weighted by atomic mass is 10.1. The van der Waals surface area contributed by atoms with Gasteiger partial charge in [-0.3, -0.25) is 9.59 Å². The minimum absolute atomic E-state index is 0.0871. The molecule has 0 aromatic heterocycles. The van der Waals surface area contributed by atoms with Gasteiger partial charge in [0.1, 0.15) is 5.82 Å². The number of nitrogens with zero attached hydrogens (tertiary/aromatic N) is 1. The van der Waals surface area contributed by atoms with E-state index < -0.39 is 0 Å². The molecule has 0 unspecified atom stereocenters. The molecule has 0 radical (unpaired) electrons. The molecule has 4 aromatic rings. The van der Waals surface area contributed by atoms with Crippen molar-refractivity contribution >= 4 is 17.5 Å². The van der Waals surface area contributed by atoms with Crippen molar-refractivity contribution < 1.29 is 14.0 Å². The average molecular weight is 467 g/mol. The summed E-state index contributed by atoms with van der Waals surface area (Å²) in [4.78, 5) is 27.5. The molecule has 0 bridgehead atoms. The van der Waals surface area contributed by atoms with Crippen LogP contribution in [0.3, 0.4) is 0 Å². The number of hydrogen-bond acceptors (Lipinski definition) is 2. The average Bonchev–Trinajstić information content (AvgIpc) is 2.89. The van der Waals surface area contributed by atoms with Crippen LogP contribution in [0, 0.1) is 12.7 Å². The Labute approximate surface area is 205 Å². The Morgan fingerprint density at radius 1 is 0.743 bits per heavy atom. The van der Waals surface area contributed by atoms with Crippen LogP contribution in [0.5, 0.6) is 0 Å². The minimum Gasteiger partial charge on any atom is -0.352 e. The number of rotatable bonds is 8. The van der Waals surface area contributed by atoms with Gasteiger partial charge in [-0.05, 0) is 60.0 Å². The monoisotopic (exact) mass is 466 g/mol. The van der Waals surface area contributed by atoms with Crippen LogP contribution >= 0.6 is 0 Å². The summed E-state index contributed by atoms with van der Waals surface area (Å²) in [6.45, 7) is 2.81. The fraction of sp³-hybridized carbons (Fsp3) is 0.133. The maximum Gasteiger partial charge on any atom is 0.258 e. The van der Waals surface area contributed by atoms with Crippen LogP contribution in [0.2, 0.25) is 0 Å². The maximum atomic E-state index is 13.4. The van der Waals surface area contributed by atoms with E-state index in [1.807, 2.05) is 85.8 Å². The first-order chi connectivity index (χ1) is 17.0. The van der Waals surface area contributed by atoms with Gasteiger partial charge in [0.25, 0.3) is 5.91 Å². The molecule has 0 aliphatic rings. The molecule has 4 aromatic carbocycles. The molecule has 0 atom stereocenters. The quantitative estimate of drug-likeness (QED) is 0.355. The van der Waals surface area contributed by atoms with Crippen molar-refractivity contribution in [2.45, 2.75) is 26.4 Å². The highest BCUT2D eigenvalue weighted by Crippen LogP contribution is 2.22. The smallest absolute Gasteiger partial charge is 0.258 e. The third-order valence-electron chi connectivity index (χ3n) is 5.74. The lowest BCUT2D eigenvalue weighted by molar-refractivity contribution is -0.120. The SMILES string of the molecule is Cc1ccc(CN(C(=O)c2ccccc2)c2ccc(CC(=O)NCc3ccc(F)cc3)cc2)cc1. The molecule has 0 heterocycles. The fourth-order valence-corrected chi connectivity index (χ4v) is 3.74. The molecular formula is C30H27FN2O2. The second kappa shape index (κ2) is 11.3. The van der Waals surface area contributed by atoms with Crippen molar-refractivity contribution in [1.29, 1.82) is 0 Å². The normalized spacial score (nSPS) is 10.6. The van der Waals surface area contributed by atoms with E-state index in [1.165, 1.54) is 12.1 Å². The third kappa shape index (κ3) is 6.64. The lowest BCUT2D eigenvalue weighted by Crippen LogP contribution is -2.30. The molecule has 176 valence electrons. The maximum absolute atomic E-state index is 13.4. The highest BCUT2D eigenvalue weighted by atomic mass is 19.1. The van der Waals surface area contributed by atoms with Crippen LogP contribution in [0.25, 0.3) is 0 Å². The van der Waals surface area contributed by atoms with E-state index in [-0.39, 0.29) is 24.1 Å². The lowest BCUT2D eigenvalue weighted by Gasteiger charge is -2.23. The van der Waals surface area contributed by atoms with E-state index in [1.54, 1.807) is 17.0 Å². The summed E-state index contributed by atoms with van der Waals surface area (Å²) in [6.07, 6.45) is 0.214. The summed E-state index contributed by atoms with van der Waals surface area (Å²) in [5.41, 5.74) is 5.24. The Morgan fingerprint density at radius 3 is 2.00 bits per heavy atom.